The zero-order valence-electron chi connectivity index (χ0n) is 20.3. The molecule has 1 N–H and O–H groups in total. The third kappa shape index (κ3) is 8.32. The lowest BCUT2D eigenvalue weighted by Gasteiger charge is -2.17. The molecule has 0 spiro atoms. The molecule has 0 radical (unpaired) electrons. The fraction of sp³-hybridized carbons (Fsp3) is 0.310. The zero-order chi connectivity index (χ0) is 24.1. The van der Waals surface area contributed by atoms with Crippen molar-refractivity contribution in [1.82, 2.24) is 4.90 Å². The molecule has 0 aliphatic rings. The highest BCUT2D eigenvalue weighted by Crippen LogP contribution is 2.20. The van der Waals surface area contributed by atoms with E-state index in [1.54, 1.807) is 12.1 Å². The summed E-state index contributed by atoms with van der Waals surface area (Å²) in [7, 11) is 0. The highest BCUT2D eigenvalue weighted by molar-refractivity contribution is 6.11. The van der Waals surface area contributed by atoms with Crippen molar-refractivity contribution in [2.75, 3.05) is 25.0 Å². The largest absolute Gasteiger partial charge is 0.326 e. The first-order valence-corrected chi connectivity index (χ1v) is 11.9. The van der Waals surface area contributed by atoms with Crippen LogP contribution in [0.25, 0.3) is 11.1 Å². The van der Waals surface area contributed by atoms with Crippen LogP contribution in [-0.2, 0) is 11.2 Å². The Hall–Kier alpha value is -3.24. The van der Waals surface area contributed by atoms with E-state index in [0.29, 0.717) is 11.3 Å². The van der Waals surface area contributed by atoms with E-state index in [1.807, 2.05) is 80.6 Å². The molecule has 0 aliphatic carbocycles. The number of amides is 1. The van der Waals surface area contributed by atoms with Gasteiger partial charge in [0.25, 0.3) is 0 Å². The molecule has 0 unspecified atom stereocenters. The van der Waals surface area contributed by atoms with Crippen LogP contribution in [0.1, 0.15) is 50.0 Å². The Morgan fingerprint density at radius 1 is 0.758 bits per heavy atom. The summed E-state index contributed by atoms with van der Waals surface area (Å²) in [6.07, 6.45) is 0.807. The van der Waals surface area contributed by atoms with Gasteiger partial charge in [0.15, 0.2) is 5.78 Å². The van der Waals surface area contributed by atoms with Crippen LogP contribution in [0, 0.1) is 0 Å². The first-order valence-electron chi connectivity index (χ1n) is 11.9. The Balaban J connectivity index is 0.00000187. The van der Waals surface area contributed by atoms with E-state index in [1.165, 1.54) is 5.56 Å². The fourth-order valence-electron chi connectivity index (χ4n) is 3.51. The van der Waals surface area contributed by atoms with Crippen molar-refractivity contribution >= 4 is 17.4 Å². The third-order valence-electron chi connectivity index (χ3n) is 5.48. The lowest BCUT2D eigenvalue weighted by Crippen LogP contribution is -2.25. The van der Waals surface area contributed by atoms with Crippen molar-refractivity contribution in [2.24, 2.45) is 0 Å². The first-order chi connectivity index (χ1) is 16.1. The quantitative estimate of drug-likeness (QED) is 0.288. The molecule has 1 amide bonds. The van der Waals surface area contributed by atoms with Gasteiger partial charge >= 0.3 is 0 Å². The molecule has 0 bridgehead atoms. The van der Waals surface area contributed by atoms with E-state index >= 15 is 0 Å². The Morgan fingerprint density at radius 3 is 1.91 bits per heavy atom. The van der Waals surface area contributed by atoms with Gasteiger partial charge < -0.3 is 10.2 Å². The number of anilines is 1. The maximum absolute atomic E-state index is 12.5. The molecule has 0 atom stereocenters. The molecule has 0 aromatic heterocycles. The van der Waals surface area contributed by atoms with Gasteiger partial charge in [-0.2, -0.15) is 0 Å². The van der Waals surface area contributed by atoms with Gasteiger partial charge in [-0.05, 0) is 48.3 Å². The second-order valence-corrected chi connectivity index (χ2v) is 7.57. The number of Topliss-reactive ketones (excluding diaryl/α,β-unsaturated/α-hetero) is 1. The van der Waals surface area contributed by atoms with E-state index in [-0.39, 0.29) is 18.1 Å². The highest BCUT2D eigenvalue weighted by atomic mass is 16.2. The van der Waals surface area contributed by atoms with E-state index < -0.39 is 0 Å². The summed E-state index contributed by atoms with van der Waals surface area (Å²) in [4.78, 5) is 27.2. The molecular weight excluding hydrogens is 408 g/mol. The minimum Gasteiger partial charge on any atom is -0.326 e. The molecule has 4 heteroatoms. The minimum atomic E-state index is -0.298. The fourth-order valence-corrected chi connectivity index (χ4v) is 3.51. The van der Waals surface area contributed by atoms with Gasteiger partial charge in [0, 0.05) is 17.8 Å². The molecule has 3 aromatic carbocycles. The van der Waals surface area contributed by atoms with Crippen molar-refractivity contribution in [3.05, 3.63) is 90.0 Å². The standard InChI is InChI=1S/C27H30N2O2.C2H6/c1-3-29(4-2)19-18-21-10-16-25(17-11-21)28-27(31)20-26(30)24-14-12-23(13-15-24)22-8-6-5-7-9-22;1-2/h5-17H,3-4,18-20H2,1-2H3,(H,28,31);1-2H3. The Morgan fingerprint density at radius 2 is 1.33 bits per heavy atom. The minimum absolute atomic E-state index is 0.172. The van der Waals surface area contributed by atoms with E-state index in [2.05, 4.69) is 24.1 Å². The van der Waals surface area contributed by atoms with Crippen LogP contribution < -0.4 is 5.32 Å². The topological polar surface area (TPSA) is 49.4 Å². The van der Waals surface area contributed by atoms with Gasteiger partial charge in [0.05, 0.1) is 6.42 Å². The summed E-state index contributed by atoms with van der Waals surface area (Å²) in [5, 5.41) is 2.82. The van der Waals surface area contributed by atoms with Crippen molar-refractivity contribution in [2.45, 2.75) is 40.5 Å². The number of ketones is 1. The summed E-state index contributed by atoms with van der Waals surface area (Å²) < 4.78 is 0. The predicted molar refractivity (Wildman–Crippen MR) is 139 cm³/mol. The van der Waals surface area contributed by atoms with Crippen LogP contribution in [0.5, 0.6) is 0 Å². The number of carbonyl (C=O) groups excluding carboxylic acids is 2. The Kier molecular flexibility index (Phi) is 11.1. The number of hydrogen-bond donors (Lipinski definition) is 1. The summed E-state index contributed by atoms with van der Waals surface area (Å²) in [6.45, 7) is 11.5. The summed E-state index contributed by atoms with van der Waals surface area (Å²) in [5.74, 6) is -0.485. The predicted octanol–water partition coefficient (Wildman–Crippen LogP) is 6.48. The van der Waals surface area contributed by atoms with Gasteiger partial charge in [-0.25, -0.2) is 0 Å². The Bertz CT molecular complexity index is 976. The average Bonchev–Trinajstić information content (AvgIpc) is 2.87. The monoisotopic (exact) mass is 444 g/mol. The molecular formula is C29H36N2O2. The van der Waals surface area contributed by atoms with Gasteiger partial charge in [0.1, 0.15) is 0 Å². The normalized spacial score (nSPS) is 10.3. The first kappa shape index (κ1) is 26.0. The lowest BCUT2D eigenvalue weighted by atomic mass is 10.0. The van der Waals surface area contributed by atoms with Crippen LogP contribution in [0.3, 0.4) is 0 Å². The summed E-state index contributed by atoms with van der Waals surface area (Å²) in [6, 6.07) is 25.2. The van der Waals surface area contributed by atoms with Crippen LogP contribution in [0.15, 0.2) is 78.9 Å². The molecule has 0 heterocycles. The maximum Gasteiger partial charge on any atom is 0.232 e. The number of carbonyl (C=O) groups is 2. The van der Waals surface area contributed by atoms with Gasteiger partial charge in [0.2, 0.25) is 5.91 Å². The second kappa shape index (κ2) is 14.0. The second-order valence-electron chi connectivity index (χ2n) is 7.57. The van der Waals surface area contributed by atoms with E-state index in [0.717, 1.165) is 37.2 Å². The molecule has 174 valence electrons. The number of hydrogen-bond acceptors (Lipinski definition) is 3. The lowest BCUT2D eigenvalue weighted by molar-refractivity contribution is -0.115. The molecule has 0 saturated carbocycles. The third-order valence-corrected chi connectivity index (χ3v) is 5.48. The number of nitrogens with zero attached hydrogens (tertiary/aromatic N) is 1. The van der Waals surface area contributed by atoms with E-state index in [4.69, 9.17) is 0 Å². The van der Waals surface area contributed by atoms with Crippen molar-refractivity contribution in [3.63, 3.8) is 0 Å². The average molecular weight is 445 g/mol. The molecule has 0 saturated heterocycles. The van der Waals surface area contributed by atoms with Crippen LogP contribution in [-0.4, -0.2) is 36.2 Å². The van der Waals surface area contributed by atoms with Crippen LogP contribution in [0.4, 0.5) is 5.69 Å². The molecule has 33 heavy (non-hydrogen) atoms. The van der Waals surface area contributed by atoms with Crippen molar-refractivity contribution < 1.29 is 9.59 Å². The number of nitrogens with one attached hydrogen (secondary N) is 1. The Labute approximate surface area is 198 Å². The van der Waals surface area contributed by atoms with Crippen LogP contribution >= 0.6 is 0 Å². The number of rotatable bonds is 10. The van der Waals surface area contributed by atoms with Gasteiger partial charge in [-0.15, -0.1) is 0 Å². The summed E-state index contributed by atoms with van der Waals surface area (Å²) >= 11 is 0. The zero-order valence-corrected chi connectivity index (χ0v) is 20.3. The summed E-state index contributed by atoms with van der Waals surface area (Å²) in [5.41, 5.74) is 4.63. The number of likely N-dealkylation sites (N-methyl/N-ethyl adjacent to an activating group) is 1. The molecule has 3 rings (SSSR count). The maximum atomic E-state index is 12.5. The SMILES string of the molecule is CC.CCN(CC)CCc1ccc(NC(=O)CC(=O)c2ccc(-c3ccccc3)cc2)cc1. The smallest absolute Gasteiger partial charge is 0.232 e. The van der Waals surface area contributed by atoms with E-state index in [9.17, 15) is 9.59 Å². The highest BCUT2D eigenvalue weighted by Gasteiger charge is 2.12. The van der Waals surface area contributed by atoms with Crippen LogP contribution in [0.2, 0.25) is 0 Å². The molecule has 0 aliphatic heterocycles. The molecule has 4 nitrogen and oxygen atoms in total. The van der Waals surface area contributed by atoms with Gasteiger partial charge in [-0.3, -0.25) is 9.59 Å². The molecule has 0 fully saturated rings. The van der Waals surface area contributed by atoms with Crippen molar-refractivity contribution in [3.8, 4) is 11.1 Å². The van der Waals surface area contributed by atoms with Crippen molar-refractivity contribution in [1.29, 1.82) is 0 Å². The molecule has 3 aromatic rings. The number of benzene rings is 3. The van der Waals surface area contributed by atoms with Gasteiger partial charge in [-0.1, -0.05) is 94.4 Å².